The van der Waals surface area contributed by atoms with Crippen LogP contribution in [0.4, 0.5) is 5.69 Å². The smallest absolute Gasteiger partial charge is 0.341 e. The maximum absolute atomic E-state index is 10.5. The minimum absolute atomic E-state index is 0.157. The largest absolute Gasteiger partial charge is 0.479 e. The van der Waals surface area contributed by atoms with Crippen LogP contribution >= 0.6 is 11.6 Å². The van der Waals surface area contributed by atoms with Crippen molar-refractivity contribution in [1.29, 1.82) is 0 Å². The van der Waals surface area contributed by atoms with Gasteiger partial charge in [-0.1, -0.05) is 11.6 Å². The van der Waals surface area contributed by atoms with E-state index < -0.39 is 17.5 Å². The molecule has 0 aliphatic carbocycles. The molecule has 1 rings (SSSR count). The molecule has 0 amide bonds. The number of carboxylic acids is 1. The molecule has 1 N–H and O–H groups in total. The first kappa shape index (κ1) is 11.3. The highest BCUT2D eigenvalue weighted by molar-refractivity contribution is 6.30. The van der Waals surface area contributed by atoms with E-state index in [0.29, 0.717) is 0 Å². The Morgan fingerprint density at radius 3 is 2.80 bits per heavy atom. The van der Waals surface area contributed by atoms with Crippen molar-refractivity contribution in [3.8, 4) is 5.75 Å². The molecule has 80 valence electrons. The van der Waals surface area contributed by atoms with Crippen LogP contribution in [0.2, 0.25) is 5.02 Å². The number of nitro groups is 1. The summed E-state index contributed by atoms with van der Waals surface area (Å²) in [6.45, 7) is -0.652. The monoisotopic (exact) mass is 231 g/mol. The maximum Gasteiger partial charge on any atom is 0.341 e. The molecule has 0 unspecified atom stereocenters. The quantitative estimate of drug-likeness (QED) is 0.629. The Balaban J connectivity index is 2.96. The maximum atomic E-state index is 10.5. The topological polar surface area (TPSA) is 89.7 Å². The summed E-state index contributed by atoms with van der Waals surface area (Å²) in [6.07, 6.45) is 0. The molecule has 7 heteroatoms. The fraction of sp³-hybridized carbons (Fsp3) is 0.125. The van der Waals surface area contributed by atoms with Crippen LogP contribution in [0.25, 0.3) is 0 Å². The van der Waals surface area contributed by atoms with Crippen LogP contribution in [0.3, 0.4) is 0 Å². The van der Waals surface area contributed by atoms with Gasteiger partial charge in [0.25, 0.3) is 0 Å². The molecule has 0 heterocycles. The van der Waals surface area contributed by atoms with E-state index >= 15 is 0 Å². The van der Waals surface area contributed by atoms with Crippen molar-refractivity contribution in [1.82, 2.24) is 0 Å². The summed E-state index contributed by atoms with van der Waals surface area (Å²) in [5.74, 6) is -1.38. The molecule has 0 bridgehead atoms. The number of carbonyl (C=O) groups is 1. The predicted molar refractivity (Wildman–Crippen MR) is 51.2 cm³/mol. The Kier molecular flexibility index (Phi) is 3.46. The summed E-state index contributed by atoms with van der Waals surface area (Å²) >= 11 is 5.59. The summed E-state index contributed by atoms with van der Waals surface area (Å²) in [4.78, 5) is 20.1. The summed E-state index contributed by atoms with van der Waals surface area (Å²) in [5, 5.41) is 19.1. The standard InChI is InChI=1S/C8H6ClNO5/c9-5-1-2-6(10(13)14)7(3-5)15-4-8(11)12/h1-3H,4H2,(H,11,12). The molecule has 1 aromatic rings. The van der Waals surface area contributed by atoms with E-state index in [1.165, 1.54) is 12.1 Å². The minimum atomic E-state index is -1.22. The van der Waals surface area contributed by atoms with Gasteiger partial charge in [-0.15, -0.1) is 0 Å². The van der Waals surface area contributed by atoms with Gasteiger partial charge in [-0.2, -0.15) is 0 Å². The van der Waals surface area contributed by atoms with Crippen molar-refractivity contribution in [3.63, 3.8) is 0 Å². The van der Waals surface area contributed by atoms with Gasteiger partial charge in [-0.25, -0.2) is 4.79 Å². The van der Waals surface area contributed by atoms with Crippen LogP contribution in [-0.2, 0) is 4.79 Å². The van der Waals surface area contributed by atoms with E-state index in [1.54, 1.807) is 0 Å². The number of carboxylic acid groups (broad SMARTS) is 1. The van der Waals surface area contributed by atoms with Gasteiger partial charge in [0, 0.05) is 17.2 Å². The average molecular weight is 232 g/mol. The van der Waals surface area contributed by atoms with E-state index in [1.807, 2.05) is 0 Å². The normalized spacial score (nSPS) is 9.67. The number of rotatable bonds is 4. The molecule has 0 fully saturated rings. The molecule has 0 radical (unpaired) electrons. The number of hydrogen-bond acceptors (Lipinski definition) is 4. The molecule has 0 aliphatic rings. The molecule has 0 saturated heterocycles. The summed E-state index contributed by atoms with van der Waals surface area (Å²) in [5.41, 5.74) is -0.319. The number of nitro benzene ring substituents is 1. The van der Waals surface area contributed by atoms with Crippen LogP contribution in [0.5, 0.6) is 5.75 Å². The Morgan fingerprint density at radius 1 is 1.60 bits per heavy atom. The zero-order chi connectivity index (χ0) is 11.4. The number of hydrogen-bond donors (Lipinski definition) is 1. The first-order chi connectivity index (χ1) is 7.00. The van der Waals surface area contributed by atoms with E-state index in [0.717, 1.165) is 6.07 Å². The van der Waals surface area contributed by atoms with E-state index in [-0.39, 0.29) is 16.5 Å². The van der Waals surface area contributed by atoms with Crippen LogP contribution in [0, 0.1) is 10.1 Å². The molecule has 0 saturated carbocycles. The Hall–Kier alpha value is -1.82. The van der Waals surface area contributed by atoms with Gasteiger partial charge >= 0.3 is 11.7 Å². The Morgan fingerprint density at radius 2 is 2.27 bits per heavy atom. The second-order valence-corrected chi connectivity index (χ2v) is 2.99. The number of aliphatic carboxylic acids is 1. The van der Waals surface area contributed by atoms with E-state index in [9.17, 15) is 14.9 Å². The van der Waals surface area contributed by atoms with Crippen molar-refractivity contribution in [3.05, 3.63) is 33.3 Å². The summed E-state index contributed by atoms with van der Waals surface area (Å²) in [6, 6.07) is 3.68. The summed E-state index contributed by atoms with van der Waals surface area (Å²) < 4.78 is 4.72. The van der Waals surface area contributed by atoms with Crippen LogP contribution in [-0.4, -0.2) is 22.6 Å². The highest BCUT2D eigenvalue weighted by atomic mass is 35.5. The number of halogens is 1. The molecule has 0 spiro atoms. The molecule has 1 aromatic carbocycles. The van der Waals surface area contributed by atoms with Crippen molar-refractivity contribution >= 4 is 23.3 Å². The van der Waals surface area contributed by atoms with Crippen molar-refractivity contribution in [2.24, 2.45) is 0 Å². The van der Waals surface area contributed by atoms with Gasteiger partial charge in [0.15, 0.2) is 12.4 Å². The number of nitrogens with zero attached hydrogens (tertiary/aromatic N) is 1. The highest BCUT2D eigenvalue weighted by Gasteiger charge is 2.16. The Bertz CT molecular complexity index is 406. The fourth-order valence-corrected chi connectivity index (χ4v) is 1.06. The van der Waals surface area contributed by atoms with Gasteiger partial charge < -0.3 is 9.84 Å². The average Bonchev–Trinajstić information content (AvgIpc) is 2.14. The van der Waals surface area contributed by atoms with E-state index in [2.05, 4.69) is 0 Å². The third-order valence-corrected chi connectivity index (χ3v) is 1.70. The number of benzene rings is 1. The van der Waals surface area contributed by atoms with Gasteiger partial charge in [-0.05, 0) is 6.07 Å². The lowest BCUT2D eigenvalue weighted by molar-refractivity contribution is -0.385. The lowest BCUT2D eigenvalue weighted by Crippen LogP contribution is -2.10. The Labute approximate surface area is 89.2 Å². The molecular weight excluding hydrogens is 226 g/mol. The van der Waals surface area contributed by atoms with Gasteiger partial charge in [-0.3, -0.25) is 10.1 Å². The van der Waals surface area contributed by atoms with Crippen molar-refractivity contribution in [2.75, 3.05) is 6.61 Å². The zero-order valence-corrected chi connectivity index (χ0v) is 8.10. The molecule has 0 atom stereocenters. The molecule has 0 aromatic heterocycles. The molecule has 15 heavy (non-hydrogen) atoms. The zero-order valence-electron chi connectivity index (χ0n) is 7.34. The second-order valence-electron chi connectivity index (χ2n) is 2.55. The SMILES string of the molecule is O=C(O)COc1cc(Cl)ccc1[N+](=O)[O-]. The lowest BCUT2D eigenvalue weighted by Gasteiger charge is -2.03. The lowest BCUT2D eigenvalue weighted by atomic mass is 10.3. The number of ether oxygens (including phenoxy) is 1. The van der Waals surface area contributed by atoms with Gasteiger partial charge in [0.2, 0.25) is 0 Å². The molecule has 0 aliphatic heterocycles. The predicted octanol–water partition coefficient (Wildman–Crippen LogP) is 1.71. The third-order valence-electron chi connectivity index (χ3n) is 1.47. The van der Waals surface area contributed by atoms with Gasteiger partial charge in [0.05, 0.1) is 4.92 Å². The van der Waals surface area contributed by atoms with Crippen LogP contribution in [0.15, 0.2) is 18.2 Å². The minimum Gasteiger partial charge on any atom is -0.479 e. The molecular formula is C8H6ClNO5. The van der Waals surface area contributed by atoms with Crippen molar-refractivity contribution < 1.29 is 19.6 Å². The van der Waals surface area contributed by atoms with Gasteiger partial charge in [0.1, 0.15) is 0 Å². The third kappa shape index (κ3) is 3.10. The summed E-state index contributed by atoms with van der Waals surface area (Å²) in [7, 11) is 0. The first-order valence-corrected chi connectivity index (χ1v) is 4.17. The fourth-order valence-electron chi connectivity index (χ4n) is 0.894. The molecule has 6 nitrogen and oxygen atoms in total. The van der Waals surface area contributed by atoms with Crippen LogP contribution in [0.1, 0.15) is 0 Å². The van der Waals surface area contributed by atoms with Crippen LogP contribution < -0.4 is 4.74 Å². The first-order valence-electron chi connectivity index (χ1n) is 3.79. The second kappa shape index (κ2) is 4.61. The van der Waals surface area contributed by atoms with E-state index in [4.69, 9.17) is 21.4 Å². The highest BCUT2D eigenvalue weighted by Crippen LogP contribution is 2.29. The van der Waals surface area contributed by atoms with Crippen molar-refractivity contribution in [2.45, 2.75) is 0 Å².